The molecule has 0 bridgehead atoms. The van der Waals surface area contributed by atoms with Gasteiger partial charge in [-0.2, -0.15) is 4.98 Å². The zero-order valence-electron chi connectivity index (χ0n) is 19.0. The fraction of sp³-hybridized carbons (Fsp3) is 0.400. The molecule has 0 radical (unpaired) electrons. The Bertz CT molecular complexity index is 1190. The van der Waals surface area contributed by atoms with Gasteiger partial charge >= 0.3 is 6.16 Å². The fourth-order valence-corrected chi connectivity index (χ4v) is 5.06. The van der Waals surface area contributed by atoms with E-state index >= 15 is 0 Å². The van der Waals surface area contributed by atoms with Crippen molar-refractivity contribution in [1.29, 1.82) is 0 Å². The molecule has 1 N–H and O–H groups in total. The Morgan fingerprint density at radius 2 is 1.94 bits per heavy atom. The van der Waals surface area contributed by atoms with Crippen molar-refractivity contribution in [2.75, 3.05) is 19.7 Å². The third kappa shape index (κ3) is 5.46. The largest absolute Gasteiger partial charge is 0.506 e. The molecule has 35 heavy (non-hydrogen) atoms. The van der Waals surface area contributed by atoms with Crippen molar-refractivity contribution in [1.82, 2.24) is 15.0 Å². The minimum Gasteiger partial charge on any atom is -0.450 e. The van der Waals surface area contributed by atoms with Crippen LogP contribution in [0.15, 0.2) is 47.0 Å². The molecule has 1 saturated carbocycles. The molecule has 3 aromatic rings. The highest BCUT2D eigenvalue weighted by molar-refractivity contribution is 6.33. The van der Waals surface area contributed by atoms with Gasteiger partial charge in [0.15, 0.2) is 0 Å². The molecule has 0 atom stereocenters. The number of hydrogen-bond acceptors (Lipinski definition) is 7. The van der Waals surface area contributed by atoms with Crippen LogP contribution in [0, 0.1) is 0 Å². The van der Waals surface area contributed by atoms with Crippen LogP contribution in [0.3, 0.4) is 0 Å². The van der Waals surface area contributed by atoms with E-state index in [-0.39, 0.29) is 18.1 Å². The first-order chi connectivity index (χ1) is 16.9. The third-order valence-corrected chi connectivity index (χ3v) is 7.28. The smallest absolute Gasteiger partial charge is 0.450 e. The van der Waals surface area contributed by atoms with E-state index in [1.54, 1.807) is 0 Å². The molecule has 1 aliphatic carbocycles. The highest BCUT2D eigenvalue weighted by Crippen LogP contribution is 2.44. The van der Waals surface area contributed by atoms with Crippen molar-refractivity contribution in [3.63, 3.8) is 0 Å². The Labute approximate surface area is 212 Å². The highest BCUT2D eigenvalue weighted by Gasteiger charge is 2.39. The number of carboxylic acid groups (broad SMARTS) is 1. The van der Waals surface area contributed by atoms with Crippen molar-refractivity contribution in [3.8, 4) is 11.4 Å². The maximum Gasteiger partial charge on any atom is 0.506 e. The van der Waals surface area contributed by atoms with E-state index < -0.39 is 6.16 Å². The van der Waals surface area contributed by atoms with Gasteiger partial charge in [-0.1, -0.05) is 53.0 Å². The number of halogens is 2. The first-order valence-corrected chi connectivity index (χ1v) is 12.2. The second-order valence-corrected chi connectivity index (χ2v) is 10.0. The molecule has 0 spiro atoms. The second-order valence-electron chi connectivity index (χ2n) is 9.16. The summed E-state index contributed by atoms with van der Waals surface area (Å²) >= 11 is 12.5. The first-order valence-electron chi connectivity index (χ1n) is 11.5. The molecule has 1 aliphatic heterocycles. The maximum absolute atomic E-state index is 10.6. The summed E-state index contributed by atoms with van der Waals surface area (Å²) in [6.45, 7) is 2.60. The molecular weight excluding hydrogens is 493 g/mol. The summed E-state index contributed by atoms with van der Waals surface area (Å²) in [7, 11) is 0. The van der Waals surface area contributed by atoms with Gasteiger partial charge in [-0.05, 0) is 48.2 Å². The van der Waals surface area contributed by atoms with Gasteiger partial charge in [0, 0.05) is 35.6 Å². The number of nitrogens with zero attached hydrogens (tertiary/aromatic N) is 3. The van der Waals surface area contributed by atoms with Gasteiger partial charge in [-0.15, -0.1) is 0 Å². The number of aromatic nitrogens is 2. The van der Waals surface area contributed by atoms with Gasteiger partial charge in [0.25, 0.3) is 5.89 Å². The maximum atomic E-state index is 10.6. The van der Waals surface area contributed by atoms with Crippen LogP contribution in [0.25, 0.3) is 11.4 Å². The van der Waals surface area contributed by atoms with Crippen LogP contribution in [0.2, 0.25) is 10.0 Å². The number of carbonyl (C=O) groups is 1. The van der Waals surface area contributed by atoms with Crippen molar-refractivity contribution >= 4 is 29.4 Å². The Hall–Kier alpha value is -2.65. The molecule has 0 amide bonds. The average molecular weight is 518 g/mol. The van der Waals surface area contributed by atoms with Crippen molar-refractivity contribution in [3.05, 3.63) is 69.5 Å². The second kappa shape index (κ2) is 10.1. The molecule has 2 heterocycles. The predicted molar refractivity (Wildman–Crippen MR) is 130 cm³/mol. The lowest BCUT2D eigenvalue weighted by Gasteiger charge is -2.42. The molecule has 1 saturated heterocycles. The Balaban J connectivity index is 1.15. The van der Waals surface area contributed by atoms with Gasteiger partial charge in [-0.3, -0.25) is 4.90 Å². The highest BCUT2D eigenvalue weighted by atomic mass is 35.5. The standard InChI is InChI=1S/C25H25Cl2N3O5/c26-18-5-3-17(4-6-18)25(8-1-9-25)15-33-14-22-28-23(29-35-22)20-7-2-16(10-21(20)27)11-30-12-19(13-30)34-24(31)32/h2-7,10,19H,1,8-9,11-15H2,(H,31,32). The van der Waals surface area contributed by atoms with E-state index in [0.717, 1.165) is 23.4 Å². The quantitative estimate of drug-likeness (QED) is 0.368. The van der Waals surface area contributed by atoms with E-state index in [4.69, 9.17) is 42.3 Å². The van der Waals surface area contributed by atoms with Crippen molar-refractivity contribution in [2.45, 2.75) is 43.9 Å². The Morgan fingerprint density at radius 1 is 1.17 bits per heavy atom. The van der Waals surface area contributed by atoms with Gasteiger partial charge < -0.3 is 19.1 Å². The molecule has 0 unspecified atom stereocenters. The number of benzene rings is 2. The molecule has 2 aliphatic rings. The van der Waals surface area contributed by atoms with Crippen LogP contribution in [-0.2, 0) is 28.0 Å². The Morgan fingerprint density at radius 3 is 2.60 bits per heavy atom. The average Bonchev–Trinajstić information content (AvgIpc) is 3.23. The lowest BCUT2D eigenvalue weighted by molar-refractivity contribution is -0.0363. The minimum absolute atomic E-state index is 0.0167. The minimum atomic E-state index is -1.24. The fourth-order valence-electron chi connectivity index (χ4n) is 4.65. The Kier molecular flexibility index (Phi) is 6.98. The number of likely N-dealkylation sites (tertiary alicyclic amines) is 1. The monoisotopic (exact) mass is 517 g/mol. The zero-order valence-corrected chi connectivity index (χ0v) is 20.5. The number of hydrogen-bond donors (Lipinski definition) is 1. The van der Waals surface area contributed by atoms with Crippen molar-refractivity contribution in [2.24, 2.45) is 0 Å². The van der Waals surface area contributed by atoms with Crippen LogP contribution in [0.1, 0.15) is 36.3 Å². The summed E-state index contributed by atoms with van der Waals surface area (Å²) in [4.78, 5) is 17.1. The summed E-state index contributed by atoms with van der Waals surface area (Å²) in [5, 5.41) is 14.0. The lowest BCUT2D eigenvalue weighted by atomic mass is 9.65. The summed E-state index contributed by atoms with van der Waals surface area (Å²) in [6, 6.07) is 13.7. The molecule has 2 aromatic carbocycles. The van der Waals surface area contributed by atoms with Gasteiger partial charge in [0.2, 0.25) is 5.82 Å². The van der Waals surface area contributed by atoms with E-state index in [1.165, 1.54) is 12.0 Å². The molecule has 10 heteroatoms. The molecule has 1 aromatic heterocycles. The van der Waals surface area contributed by atoms with Gasteiger partial charge in [0.1, 0.15) is 12.7 Å². The number of rotatable bonds is 9. The number of ether oxygens (including phenoxy) is 2. The van der Waals surface area contributed by atoms with Crippen LogP contribution in [0.4, 0.5) is 4.79 Å². The van der Waals surface area contributed by atoms with Crippen LogP contribution in [-0.4, -0.2) is 52.1 Å². The van der Waals surface area contributed by atoms with E-state index in [2.05, 4.69) is 27.2 Å². The van der Waals surface area contributed by atoms with E-state index in [1.807, 2.05) is 30.3 Å². The summed E-state index contributed by atoms with van der Waals surface area (Å²) in [5.41, 5.74) is 2.95. The van der Waals surface area contributed by atoms with E-state index in [9.17, 15) is 4.79 Å². The molecule has 2 fully saturated rings. The van der Waals surface area contributed by atoms with Crippen LogP contribution >= 0.6 is 23.2 Å². The predicted octanol–water partition coefficient (Wildman–Crippen LogP) is 5.56. The first kappa shape index (κ1) is 24.1. The van der Waals surface area contributed by atoms with Crippen molar-refractivity contribution < 1.29 is 23.9 Å². The third-order valence-electron chi connectivity index (χ3n) is 6.71. The summed E-state index contributed by atoms with van der Waals surface area (Å²) in [6.07, 6.45) is 1.83. The summed E-state index contributed by atoms with van der Waals surface area (Å²) in [5.74, 6) is 0.811. The van der Waals surface area contributed by atoms with Crippen LogP contribution in [0.5, 0.6) is 0 Å². The van der Waals surface area contributed by atoms with Gasteiger partial charge in [-0.25, -0.2) is 4.79 Å². The zero-order chi connectivity index (χ0) is 24.4. The summed E-state index contributed by atoms with van der Waals surface area (Å²) < 4.78 is 16.1. The molecular formula is C25H25Cl2N3O5. The molecule has 8 nitrogen and oxygen atoms in total. The topological polar surface area (TPSA) is 97.9 Å². The lowest BCUT2D eigenvalue weighted by Crippen LogP contribution is -2.52. The normalized spacial score (nSPS) is 17.5. The van der Waals surface area contributed by atoms with Crippen LogP contribution < -0.4 is 0 Å². The van der Waals surface area contributed by atoms with E-state index in [0.29, 0.717) is 48.5 Å². The molecule has 184 valence electrons. The van der Waals surface area contributed by atoms with Gasteiger partial charge in [0.05, 0.1) is 11.6 Å². The SMILES string of the molecule is O=C(O)OC1CN(Cc2ccc(-c3noc(COCC4(c5ccc(Cl)cc5)CCC4)n3)c(Cl)c2)C1. The molecule has 5 rings (SSSR count).